The molecule has 0 aliphatic heterocycles. The SMILES string of the molecule is O=C(NC(CC=Cc1ccc(N(Cc2ccccc2)c2ncccn2)cc1)C(=O)O)c1c(Cl)cccc1Cl.[H-].[Na+]. The van der Waals surface area contributed by atoms with Crippen LogP contribution in [0.3, 0.4) is 0 Å². The predicted molar refractivity (Wildman–Crippen MR) is 151 cm³/mol. The van der Waals surface area contributed by atoms with Crippen LogP contribution in [0, 0.1) is 0 Å². The van der Waals surface area contributed by atoms with Crippen molar-refractivity contribution in [3.8, 4) is 0 Å². The smallest absolute Gasteiger partial charge is 1.00 e. The third-order valence-corrected chi connectivity index (χ3v) is 6.29. The Kier molecular flexibility index (Phi) is 11.5. The maximum absolute atomic E-state index is 12.6. The summed E-state index contributed by atoms with van der Waals surface area (Å²) >= 11 is 12.1. The molecule has 39 heavy (non-hydrogen) atoms. The molecule has 0 bridgehead atoms. The first-order valence-corrected chi connectivity index (χ1v) is 12.5. The Balaban J connectivity index is 0.00000280. The predicted octanol–water partition coefficient (Wildman–Crippen LogP) is 3.52. The van der Waals surface area contributed by atoms with E-state index in [1.165, 1.54) is 12.1 Å². The number of benzene rings is 3. The van der Waals surface area contributed by atoms with Gasteiger partial charge in [-0.3, -0.25) is 4.79 Å². The monoisotopic (exact) mass is 570 g/mol. The van der Waals surface area contributed by atoms with Crippen LogP contribution in [0.1, 0.15) is 29.3 Å². The first kappa shape index (κ1) is 30.3. The van der Waals surface area contributed by atoms with Gasteiger partial charge in [0, 0.05) is 18.1 Å². The number of nitrogens with one attached hydrogen (secondary N) is 1. The van der Waals surface area contributed by atoms with Gasteiger partial charge in [-0.1, -0.05) is 83.9 Å². The van der Waals surface area contributed by atoms with E-state index < -0.39 is 17.9 Å². The molecule has 2 N–H and O–H groups in total. The van der Waals surface area contributed by atoms with Crippen molar-refractivity contribution in [2.24, 2.45) is 0 Å². The number of amides is 1. The summed E-state index contributed by atoms with van der Waals surface area (Å²) in [5, 5.41) is 12.4. The molecule has 1 amide bonds. The standard InChI is InChI=1S/C29H24Cl2N4O3.Na.H/c30-23-10-5-11-24(31)26(23)27(36)34-25(28(37)38)12-4-9-20-13-15-22(16-14-20)35(29-32-17-6-18-33-29)19-21-7-2-1-3-8-21;;/h1-11,13-18,25H,12,19H2,(H,34,36)(H,37,38);;/q;+1;-1. The van der Waals surface area contributed by atoms with Crippen LogP contribution >= 0.6 is 23.2 Å². The number of aliphatic carboxylic acids is 1. The third kappa shape index (κ3) is 8.39. The molecule has 0 spiro atoms. The van der Waals surface area contributed by atoms with Gasteiger partial charge in [0.15, 0.2) is 0 Å². The first-order chi connectivity index (χ1) is 18.4. The van der Waals surface area contributed by atoms with E-state index in [9.17, 15) is 14.7 Å². The molecule has 0 saturated carbocycles. The molecular weight excluding hydrogens is 546 g/mol. The van der Waals surface area contributed by atoms with E-state index in [1.807, 2.05) is 59.5 Å². The molecular formula is C29H25Cl2N4NaO3. The number of aromatic nitrogens is 2. The molecule has 1 heterocycles. The summed E-state index contributed by atoms with van der Waals surface area (Å²) in [7, 11) is 0. The van der Waals surface area contributed by atoms with Gasteiger partial charge in [-0.2, -0.15) is 0 Å². The Morgan fingerprint density at radius 2 is 1.56 bits per heavy atom. The maximum atomic E-state index is 12.6. The summed E-state index contributed by atoms with van der Waals surface area (Å²) in [6.07, 6.45) is 6.98. The van der Waals surface area contributed by atoms with Crippen molar-refractivity contribution >= 4 is 52.8 Å². The van der Waals surface area contributed by atoms with Gasteiger partial charge in [0.1, 0.15) is 6.04 Å². The number of hydrogen-bond donors (Lipinski definition) is 2. The van der Waals surface area contributed by atoms with E-state index in [1.54, 1.807) is 36.7 Å². The van der Waals surface area contributed by atoms with E-state index in [0.29, 0.717) is 12.5 Å². The summed E-state index contributed by atoms with van der Waals surface area (Å²) in [6, 6.07) is 23.1. The molecule has 0 saturated heterocycles. The Morgan fingerprint density at radius 1 is 0.923 bits per heavy atom. The second-order valence-corrected chi connectivity index (χ2v) is 9.13. The topological polar surface area (TPSA) is 95.4 Å². The van der Waals surface area contributed by atoms with Crippen molar-refractivity contribution in [2.45, 2.75) is 19.0 Å². The number of hydrogen-bond acceptors (Lipinski definition) is 5. The van der Waals surface area contributed by atoms with Crippen molar-refractivity contribution in [3.05, 3.63) is 124 Å². The number of carbonyl (C=O) groups excluding carboxylic acids is 1. The minimum absolute atomic E-state index is 0. The molecule has 0 aliphatic rings. The van der Waals surface area contributed by atoms with Gasteiger partial charge in [0.05, 0.1) is 22.2 Å². The van der Waals surface area contributed by atoms with Crippen molar-refractivity contribution in [1.29, 1.82) is 0 Å². The van der Waals surface area contributed by atoms with E-state index >= 15 is 0 Å². The molecule has 1 unspecified atom stereocenters. The van der Waals surface area contributed by atoms with Gasteiger partial charge >= 0.3 is 35.5 Å². The third-order valence-electron chi connectivity index (χ3n) is 5.66. The molecule has 1 atom stereocenters. The van der Waals surface area contributed by atoms with Gasteiger partial charge in [-0.25, -0.2) is 14.8 Å². The zero-order valence-corrected chi connectivity index (χ0v) is 24.7. The van der Waals surface area contributed by atoms with E-state index in [0.717, 1.165) is 16.8 Å². The number of carbonyl (C=O) groups is 2. The number of carboxylic acid groups (broad SMARTS) is 1. The number of rotatable bonds is 10. The zero-order valence-electron chi connectivity index (χ0n) is 22.2. The van der Waals surface area contributed by atoms with Crippen LogP contribution in [0.5, 0.6) is 0 Å². The van der Waals surface area contributed by atoms with Crippen molar-refractivity contribution in [2.75, 3.05) is 4.90 Å². The summed E-state index contributed by atoms with van der Waals surface area (Å²) in [5.74, 6) is -1.23. The van der Waals surface area contributed by atoms with Crippen LogP contribution in [0.2, 0.25) is 10.0 Å². The van der Waals surface area contributed by atoms with E-state index in [4.69, 9.17) is 23.2 Å². The van der Waals surface area contributed by atoms with Gasteiger partial charge in [-0.15, -0.1) is 0 Å². The fourth-order valence-corrected chi connectivity index (χ4v) is 4.32. The van der Waals surface area contributed by atoms with E-state index in [2.05, 4.69) is 15.3 Å². The summed E-state index contributed by atoms with van der Waals surface area (Å²) in [4.78, 5) is 35.2. The van der Waals surface area contributed by atoms with Crippen molar-refractivity contribution in [3.63, 3.8) is 0 Å². The quantitative estimate of drug-likeness (QED) is 0.283. The fourth-order valence-electron chi connectivity index (χ4n) is 3.75. The minimum atomic E-state index is -1.17. The van der Waals surface area contributed by atoms with Gasteiger partial charge in [0.2, 0.25) is 5.95 Å². The van der Waals surface area contributed by atoms with Crippen molar-refractivity contribution < 1.29 is 45.7 Å². The summed E-state index contributed by atoms with van der Waals surface area (Å²) in [6.45, 7) is 0.593. The Labute approximate surface area is 260 Å². The Bertz CT molecular complexity index is 1410. The van der Waals surface area contributed by atoms with Crippen LogP contribution in [0.4, 0.5) is 11.6 Å². The number of nitrogens with zero attached hydrogens (tertiary/aromatic N) is 3. The minimum Gasteiger partial charge on any atom is -1.00 e. The first-order valence-electron chi connectivity index (χ1n) is 11.7. The van der Waals surface area contributed by atoms with Crippen LogP contribution in [0.15, 0.2) is 97.3 Å². The maximum Gasteiger partial charge on any atom is 1.00 e. The Morgan fingerprint density at radius 3 is 2.18 bits per heavy atom. The fraction of sp³-hybridized carbons (Fsp3) is 0.103. The van der Waals surface area contributed by atoms with Crippen LogP contribution in [-0.2, 0) is 11.3 Å². The van der Waals surface area contributed by atoms with Gasteiger partial charge < -0.3 is 16.7 Å². The normalized spacial score (nSPS) is 11.4. The molecule has 0 fully saturated rings. The molecule has 10 heteroatoms. The van der Waals surface area contributed by atoms with Gasteiger partial charge in [0.25, 0.3) is 5.91 Å². The van der Waals surface area contributed by atoms with Crippen molar-refractivity contribution in [1.82, 2.24) is 15.3 Å². The average Bonchev–Trinajstić information content (AvgIpc) is 2.92. The largest absolute Gasteiger partial charge is 1.00 e. The molecule has 4 rings (SSSR count). The van der Waals surface area contributed by atoms with Crippen LogP contribution in [0.25, 0.3) is 6.08 Å². The van der Waals surface area contributed by atoms with Crippen LogP contribution in [-0.4, -0.2) is 33.0 Å². The van der Waals surface area contributed by atoms with E-state index in [-0.39, 0.29) is 53.0 Å². The summed E-state index contributed by atoms with van der Waals surface area (Å²) in [5.41, 5.74) is 2.93. The molecule has 7 nitrogen and oxygen atoms in total. The molecule has 0 radical (unpaired) electrons. The molecule has 4 aromatic rings. The zero-order chi connectivity index (χ0) is 26.9. The molecule has 0 aliphatic carbocycles. The average molecular weight is 571 g/mol. The second kappa shape index (κ2) is 14.8. The number of halogens is 2. The number of carboxylic acids is 1. The second-order valence-electron chi connectivity index (χ2n) is 8.31. The van der Waals surface area contributed by atoms with Gasteiger partial charge in [-0.05, 0) is 47.9 Å². The Hall–Kier alpha value is -3.20. The molecule has 1 aromatic heterocycles. The number of anilines is 2. The van der Waals surface area contributed by atoms with Crippen LogP contribution < -0.4 is 39.8 Å². The molecule has 3 aromatic carbocycles. The molecule has 194 valence electrons. The summed E-state index contributed by atoms with van der Waals surface area (Å²) < 4.78 is 0.